The number of anilines is 2. The first kappa shape index (κ1) is 24.9. The molecule has 188 valence electrons. The third kappa shape index (κ3) is 4.93. The Labute approximate surface area is 210 Å². The molecule has 0 aliphatic carbocycles. The molecule has 3 atom stereocenters. The lowest BCUT2D eigenvalue weighted by molar-refractivity contribution is -0.156. The van der Waals surface area contributed by atoms with Gasteiger partial charge in [0.15, 0.2) is 5.82 Å². The van der Waals surface area contributed by atoms with Gasteiger partial charge >= 0.3 is 6.03 Å². The minimum atomic E-state index is -0.979. The summed E-state index contributed by atoms with van der Waals surface area (Å²) < 4.78 is 1.58. The first-order chi connectivity index (χ1) is 17.2. The van der Waals surface area contributed by atoms with E-state index < -0.39 is 23.9 Å². The molecule has 3 N–H and O–H groups in total. The summed E-state index contributed by atoms with van der Waals surface area (Å²) in [5, 5.41) is 7.22. The number of aromatic nitrogens is 3. The number of likely N-dealkylation sites (N-methyl/N-ethyl adjacent to an activating group) is 1. The van der Waals surface area contributed by atoms with Gasteiger partial charge in [0.2, 0.25) is 5.91 Å². The summed E-state index contributed by atoms with van der Waals surface area (Å²) in [4.78, 5) is 46.8. The van der Waals surface area contributed by atoms with E-state index >= 15 is 0 Å². The first-order valence-corrected chi connectivity index (χ1v) is 11.9. The van der Waals surface area contributed by atoms with Crippen LogP contribution >= 0.6 is 0 Å². The summed E-state index contributed by atoms with van der Waals surface area (Å²) in [5.74, 6) is -0.738. The highest BCUT2D eigenvalue weighted by Gasteiger charge is 2.55. The lowest BCUT2D eigenvalue weighted by Gasteiger charge is -2.45. The van der Waals surface area contributed by atoms with E-state index in [2.05, 4.69) is 15.4 Å². The molecule has 1 fully saturated rings. The van der Waals surface area contributed by atoms with Gasteiger partial charge in [0.05, 0.1) is 12.0 Å². The minimum absolute atomic E-state index is 0.262. The largest absolute Gasteiger partial charge is 0.384 e. The van der Waals surface area contributed by atoms with Crippen LogP contribution < -0.4 is 16.0 Å². The van der Waals surface area contributed by atoms with Crippen molar-refractivity contribution < 1.29 is 14.4 Å². The van der Waals surface area contributed by atoms with E-state index in [0.717, 1.165) is 16.0 Å². The van der Waals surface area contributed by atoms with E-state index in [1.807, 2.05) is 50.2 Å². The lowest BCUT2D eigenvalue weighted by atomic mass is 9.81. The monoisotopic (exact) mass is 489 g/mol. The molecule has 4 rings (SSSR count). The standard InChI is InChI=1S/C26H31N7O3/c1-5-20(18-9-7-6-8-10-18)29-26(36)33-23(25(35)32(4)22-11-12-31(3)30-22)19(24(33)34)14-17-13-16(2)28-21(27)15-17/h6-13,15,19-20,23H,5,14H2,1-4H3,(H2,27,28)(H,29,36)/t19-,20?,23+/m1/s1. The molecule has 10 nitrogen and oxygen atoms in total. The van der Waals surface area contributed by atoms with Gasteiger partial charge < -0.3 is 11.1 Å². The molecule has 3 heterocycles. The summed E-state index contributed by atoms with van der Waals surface area (Å²) in [5.41, 5.74) is 8.32. The highest BCUT2D eigenvalue weighted by atomic mass is 16.2. The van der Waals surface area contributed by atoms with Crippen LogP contribution in [-0.2, 0) is 23.1 Å². The number of rotatable bonds is 7. The molecule has 3 aromatic rings. The second kappa shape index (κ2) is 10.2. The maximum Gasteiger partial charge on any atom is 0.325 e. The van der Waals surface area contributed by atoms with Gasteiger partial charge in [-0.15, -0.1) is 0 Å². The zero-order valence-corrected chi connectivity index (χ0v) is 20.9. The number of aryl methyl sites for hydroxylation is 2. The maximum atomic E-state index is 13.6. The topological polar surface area (TPSA) is 126 Å². The van der Waals surface area contributed by atoms with Crippen LogP contribution in [0.25, 0.3) is 0 Å². The third-order valence-electron chi connectivity index (χ3n) is 6.46. The molecular formula is C26H31N7O3. The second-order valence-electron chi connectivity index (χ2n) is 9.07. The van der Waals surface area contributed by atoms with Gasteiger partial charge in [0.25, 0.3) is 5.91 Å². The predicted molar refractivity (Wildman–Crippen MR) is 136 cm³/mol. The fourth-order valence-electron chi connectivity index (χ4n) is 4.61. The van der Waals surface area contributed by atoms with Gasteiger partial charge in [-0.25, -0.2) is 9.78 Å². The third-order valence-corrected chi connectivity index (χ3v) is 6.46. The van der Waals surface area contributed by atoms with E-state index in [4.69, 9.17) is 5.73 Å². The first-order valence-electron chi connectivity index (χ1n) is 11.9. The molecule has 1 unspecified atom stereocenters. The molecular weight excluding hydrogens is 458 g/mol. The zero-order chi connectivity index (χ0) is 26.0. The van der Waals surface area contributed by atoms with E-state index in [1.54, 1.807) is 37.1 Å². The molecule has 1 aromatic carbocycles. The van der Waals surface area contributed by atoms with Gasteiger partial charge in [-0.3, -0.25) is 24.1 Å². The number of carbonyl (C=O) groups is 3. The van der Waals surface area contributed by atoms with Crippen molar-refractivity contribution in [3.8, 4) is 0 Å². The Kier molecular flexibility index (Phi) is 7.05. The number of amides is 4. The van der Waals surface area contributed by atoms with E-state index in [-0.39, 0.29) is 18.4 Å². The molecule has 1 saturated heterocycles. The highest BCUT2D eigenvalue weighted by Crippen LogP contribution is 2.33. The van der Waals surface area contributed by atoms with Gasteiger partial charge in [0.1, 0.15) is 11.9 Å². The number of benzene rings is 1. The van der Waals surface area contributed by atoms with Crippen LogP contribution in [0.4, 0.5) is 16.4 Å². The van der Waals surface area contributed by atoms with Crippen LogP contribution in [0.2, 0.25) is 0 Å². The number of imide groups is 1. The van der Waals surface area contributed by atoms with Crippen molar-refractivity contribution in [1.82, 2.24) is 25.0 Å². The average Bonchev–Trinajstić information content (AvgIpc) is 3.29. The van der Waals surface area contributed by atoms with Crippen molar-refractivity contribution in [2.24, 2.45) is 13.0 Å². The SMILES string of the molecule is CCC(NC(=O)N1C(=O)[C@H](Cc2cc(C)nc(N)c2)[C@H]1C(=O)N(C)c1ccn(C)n1)c1ccccc1. The van der Waals surface area contributed by atoms with Crippen molar-refractivity contribution in [1.29, 1.82) is 0 Å². The Morgan fingerprint density at radius 1 is 1.19 bits per heavy atom. The lowest BCUT2D eigenvalue weighted by Crippen LogP contribution is -2.70. The molecule has 2 aromatic heterocycles. The van der Waals surface area contributed by atoms with Gasteiger partial charge in [-0.1, -0.05) is 37.3 Å². The number of nitrogens with two attached hydrogens (primary N) is 1. The number of pyridine rings is 1. The Morgan fingerprint density at radius 2 is 1.92 bits per heavy atom. The number of nitrogens with zero attached hydrogens (tertiary/aromatic N) is 5. The Hall–Kier alpha value is -4.21. The molecule has 10 heteroatoms. The number of nitrogen functional groups attached to an aromatic ring is 1. The maximum absolute atomic E-state index is 13.6. The molecule has 0 saturated carbocycles. The molecule has 0 spiro atoms. The number of carbonyl (C=O) groups excluding carboxylic acids is 3. The van der Waals surface area contributed by atoms with Gasteiger partial charge in [-0.05, 0) is 43.0 Å². The van der Waals surface area contributed by atoms with E-state index in [1.165, 1.54) is 4.90 Å². The van der Waals surface area contributed by atoms with Gasteiger partial charge in [0, 0.05) is 32.1 Å². The van der Waals surface area contributed by atoms with Crippen LogP contribution in [0, 0.1) is 12.8 Å². The van der Waals surface area contributed by atoms with Crippen molar-refractivity contribution in [3.63, 3.8) is 0 Å². The predicted octanol–water partition coefficient (Wildman–Crippen LogP) is 2.60. The Morgan fingerprint density at radius 3 is 2.53 bits per heavy atom. The smallest absolute Gasteiger partial charge is 0.325 e. The zero-order valence-electron chi connectivity index (χ0n) is 20.9. The van der Waals surface area contributed by atoms with Crippen molar-refractivity contribution in [2.75, 3.05) is 17.7 Å². The number of hydrogen-bond donors (Lipinski definition) is 2. The molecule has 36 heavy (non-hydrogen) atoms. The van der Waals surface area contributed by atoms with Crippen LogP contribution in [0.1, 0.15) is 36.2 Å². The Bertz CT molecular complexity index is 1250. The summed E-state index contributed by atoms with van der Waals surface area (Å²) in [6, 6.07) is 12.9. The van der Waals surface area contributed by atoms with Crippen molar-refractivity contribution >= 4 is 29.5 Å². The minimum Gasteiger partial charge on any atom is -0.384 e. The normalized spacial score (nSPS) is 17.9. The van der Waals surface area contributed by atoms with Crippen LogP contribution in [0.3, 0.4) is 0 Å². The molecule has 0 radical (unpaired) electrons. The summed E-state index contributed by atoms with van der Waals surface area (Å²) in [6.07, 6.45) is 2.61. The number of nitrogens with one attached hydrogen (secondary N) is 1. The summed E-state index contributed by atoms with van der Waals surface area (Å²) >= 11 is 0. The van der Waals surface area contributed by atoms with Crippen LogP contribution in [0.15, 0.2) is 54.7 Å². The van der Waals surface area contributed by atoms with Gasteiger partial charge in [-0.2, -0.15) is 5.10 Å². The molecule has 1 aliphatic heterocycles. The van der Waals surface area contributed by atoms with Crippen LogP contribution in [0.5, 0.6) is 0 Å². The number of hydrogen-bond acceptors (Lipinski definition) is 6. The second-order valence-corrected chi connectivity index (χ2v) is 9.07. The average molecular weight is 490 g/mol. The number of likely N-dealkylation sites (tertiary alicyclic amines) is 1. The molecule has 0 bridgehead atoms. The fourth-order valence-corrected chi connectivity index (χ4v) is 4.61. The van der Waals surface area contributed by atoms with Crippen molar-refractivity contribution in [2.45, 2.75) is 38.8 Å². The quantitative estimate of drug-likeness (QED) is 0.491. The van der Waals surface area contributed by atoms with Crippen molar-refractivity contribution in [3.05, 3.63) is 71.5 Å². The van der Waals surface area contributed by atoms with E-state index in [0.29, 0.717) is 23.8 Å². The van der Waals surface area contributed by atoms with E-state index in [9.17, 15) is 14.4 Å². The molecule has 4 amide bonds. The number of β-lactam (4-membered cyclic amide) rings is 1. The highest BCUT2D eigenvalue weighted by molar-refractivity contribution is 6.12. The molecule has 1 aliphatic rings. The summed E-state index contributed by atoms with van der Waals surface area (Å²) in [7, 11) is 3.34. The Balaban J connectivity index is 1.61. The summed E-state index contributed by atoms with van der Waals surface area (Å²) in [6.45, 7) is 3.76. The fraction of sp³-hybridized carbons (Fsp3) is 0.346. The number of urea groups is 1. The van der Waals surface area contributed by atoms with Crippen LogP contribution in [-0.4, -0.2) is 50.6 Å².